The number of carbonyl (C=O) groups excluding carboxylic acids is 2. The van der Waals surface area contributed by atoms with Gasteiger partial charge >= 0.3 is 12.2 Å². The summed E-state index contributed by atoms with van der Waals surface area (Å²) in [6.45, 7) is 0. The van der Waals surface area contributed by atoms with Gasteiger partial charge in [0, 0.05) is 11.6 Å². The van der Waals surface area contributed by atoms with Crippen LogP contribution < -0.4 is 20.7 Å². The summed E-state index contributed by atoms with van der Waals surface area (Å²) in [5, 5.41) is 6.08. The minimum Gasteiger partial charge on any atom is -0.456 e. The molecule has 0 atom stereocenters. The van der Waals surface area contributed by atoms with Gasteiger partial charge in [-0.25, -0.2) is 9.18 Å². The van der Waals surface area contributed by atoms with Crippen LogP contribution in [0.25, 0.3) is 0 Å². The summed E-state index contributed by atoms with van der Waals surface area (Å²) < 4.78 is 57.9. The van der Waals surface area contributed by atoms with Gasteiger partial charge < -0.3 is 10.1 Å². The summed E-state index contributed by atoms with van der Waals surface area (Å²) in [6.07, 6.45) is -4.57. The highest BCUT2D eigenvalue weighted by atomic mass is 35.5. The lowest BCUT2D eigenvalue weighted by atomic mass is 10.2. The molecular weight excluding hydrogens is 498 g/mol. The van der Waals surface area contributed by atoms with Gasteiger partial charge in [-0.05, 0) is 54.7 Å². The topological polar surface area (TPSA) is 79.5 Å². The summed E-state index contributed by atoms with van der Waals surface area (Å²) in [7, 11) is 0. The predicted octanol–water partition coefficient (Wildman–Crippen LogP) is 6.13. The van der Waals surface area contributed by atoms with Crippen LogP contribution in [-0.2, 0) is 6.18 Å². The Kier molecular flexibility index (Phi) is 7.69. The van der Waals surface area contributed by atoms with Gasteiger partial charge in [-0.15, -0.1) is 0 Å². The second-order valence-corrected chi connectivity index (χ2v) is 7.43. The number of hydrogen-bond acceptors (Lipinski definition) is 4. The van der Waals surface area contributed by atoms with E-state index in [1.165, 1.54) is 6.07 Å². The number of thiocarbonyl (C=S) groups is 1. The van der Waals surface area contributed by atoms with Gasteiger partial charge in [-0.1, -0.05) is 29.8 Å². The fourth-order valence-electron chi connectivity index (χ4n) is 2.60. The van der Waals surface area contributed by atoms with Crippen LogP contribution in [0.1, 0.15) is 15.9 Å². The zero-order chi connectivity index (χ0) is 24.9. The van der Waals surface area contributed by atoms with Gasteiger partial charge in [0.2, 0.25) is 0 Å². The van der Waals surface area contributed by atoms with Crippen LogP contribution >= 0.6 is 23.8 Å². The van der Waals surface area contributed by atoms with E-state index in [4.69, 9.17) is 28.6 Å². The summed E-state index contributed by atoms with van der Waals surface area (Å²) >= 11 is 10.7. The van der Waals surface area contributed by atoms with Crippen molar-refractivity contribution in [1.29, 1.82) is 0 Å². The molecule has 0 radical (unpaired) electrons. The fourth-order valence-corrected chi connectivity index (χ4v) is 3.00. The molecule has 3 aromatic carbocycles. The van der Waals surface area contributed by atoms with Crippen molar-refractivity contribution < 1.29 is 31.9 Å². The third kappa shape index (κ3) is 6.65. The van der Waals surface area contributed by atoms with Gasteiger partial charge in [0.25, 0.3) is 5.91 Å². The molecule has 0 aromatic heterocycles. The molecule has 0 unspecified atom stereocenters. The number of anilines is 1. The number of amides is 3. The van der Waals surface area contributed by atoms with Crippen molar-refractivity contribution in [2.45, 2.75) is 6.18 Å². The molecule has 0 bridgehead atoms. The molecule has 0 spiro atoms. The van der Waals surface area contributed by atoms with Crippen LogP contribution in [0.5, 0.6) is 11.5 Å². The number of alkyl halides is 3. The second-order valence-electron chi connectivity index (χ2n) is 6.62. The molecule has 6 nitrogen and oxygen atoms in total. The van der Waals surface area contributed by atoms with E-state index >= 15 is 0 Å². The molecule has 176 valence electrons. The van der Waals surface area contributed by atoms with Crippen LogP contribution in [0.15, 0.2) is 66.7 Å². The zero-order valence-electron chi connectivity index (χ0n) is 16.9. The first-order valence-corrected chi connectivity index (χ1v) is 10.1. The Bertz CT molecular complexity index is 1240. The second kappa shape index (κ2) is 10.5. The number of ether oxygens (including phenoxy) is 1. The highest BCUT2D eigenvalue weighted by Gasteiger charge is 2.31. The van der Waals surface area contributed by atoms with Crippen LogP contribution in [-0.4, -0.2) is 17.1 Å². The largest absolute Gasteiger partial charge is 0.456 e. The zero-order valence-corrected chi connectivity index (χ0v) is 18.4. The Labute approximate surface area is 200 Å². The number of benzene rings is 3. The maximum absolute atomic E-state index is 14.4. The summed E-state index contributed by atoms with van der Waals surface area (Å²) in [5.41, 5.74) is -0.887. The summed E-state index contributed by atoms with van der Waals surface area (Å²) in [5.74, 6) is -1.64. The predicted molar refractivity (Wildman–Crippen MR) is 122 cm³/mol. The van der Waals surface area contributed by atoms with E-state index in [-0.39, 0.29) is 27.3 Å². The monoisotopic (exact) mass is 511 g/mol. The maximum Gasteiger partial charge on any atom is 0.416 e. The van der Waals surface area contributed by atoms with Crippen molar-refractivity contribution >= 4 is 46.6 Å². The van der Waals surface area contributed by atoms with E-state index in [0.717, 1.165) is 24.3 Å². The maximum atomic E-state index is 14.4. The molecular formula is C22H14ClF4N3O3S. The van der Waals surface area contributed by atoms with Crippen molar-refractivity contribution in [2.75, 3.05) is 5.32 Å². The number of hydrogen-bond donors (Lipinski definition) is 3. The third-order valence-corrected chi connectivity index (χ3v) is 4.67. The van der Waals surface area contributed by atoms with Crippen molar-refractivity contribution in [3.05, 3.63) is 88.7 Å². The lowest BCUT2D eigenvalue weighted by Gasteiger charge is -2.13. The summed E-state index contributed by atoms with van der Waals surface area (Å²) in [4.78, 5) is 24.1. The molecule has 3 N–H and O–H groups in total. The van der Waals surface area contributed by atoms with Gasteiger partial charge in [0.15, 0.2) is 5.11 Å². The molecule has 0 aliphatic rings. The third-order valence-electron chi connectivity index (χ3n) is 4.17. The quantitative estimate of drug-likeness (QED) is 0.291. The minimum atomic E-state index is -4.57. The first-order valence-electron chi connectivity index (χ1n) is 9.35. The molecule has 3 rings (SSSR count). The van der Waals surface area contributed by atoms with E-state index in [9.17, 15) is 27.2 Å². The molecule has 3 aromatic rings. The smallest absolute Gasteiger partial charge is 0.416 e. The van der Waals surface area contributed by atoms with E-state index in [2.05, 4.69) is 16.0 Å². The number of urea groups is 1. The van der Waals surface area contributed by atoms with Crippen molar-refractivity contribution in [1.82, 2.24) is 10.6 Å². The average Bonchev–Trinajstić information content (AvgIpc) is 2.76. The number of nitrogens with one attached hydrogen (secondary N) is 3. The number of carbonyl (C=O) groups is 2. The highest BCUT2D eigenvalue weighted by molar-refractivity contribution is 7.80. The molecule has 0 aliphatic carbocycles. The lowest BCUT2D eigenvalue weighted by molar-refractivity contribution is -0.137. The minimum absolute atomic E-state index is 0.0734. The van der Waals surface area contributed by atoms with Gasteiger partial charge in [-0.2, -0.15) is 13.2 Å². The van der Waals surface area contributed by atoms with E-state index in [1.54, 1.807) is 30.3 Å². The lowest BCUT2D eigenvalue weighted by Crippen LogP contribution is -2.44. The van der Waals surface area contributed by atoms with Gasteiger partial charge in [0.05, 0.1) is 16.3 Å². The van der Waals surface area contributed by atoms with Crippen LogP contribution in [0, 0.1) is 5.82 Å². The molecule has 0 aliphatic heterocycles. The molecule has 0 heterocycles. The molecule has 0 saturated heterocycles. The fraction of sp³-hybridized carbons (Fsp3) is 0.0455. The first kappa shape index (κ1) is 24.9. The molecule has 3 amide bonds. The molecule has 34 heavy (non-hydrogen) atoms. The molecule has 0 saturated carbocycles. The Morgan fingerprint density at radius 1 is 0.941 bits per heavy atom. The highest BCUT2D eigenvalue weighted by Crippen LogP contribution is 2.36. The van der Waals surface area contributed by atoms with E-state index < -0.39 is 29.5 Å². The molecule has 0 fully saturated rings. The Hall–Kier alpha value is -3.70. The van der Waals surface area contributed by atoms with Gasteiger partial charge in [0.1, 0.15) is 17.3 Å². The number of rotatable bonds is 4. The Morgan fingerprint density at radius 3 is 2.26 bits per heavy atom. The van der Waals surface area contributed by atoms with Crippen LogP contribution in [0.3, 0.4) is 0 Å². The van der Waals surface area contributed by atoms with E-state index in [0.29, 0.717) is 11.6 Å². The standard InChI is InChI=1S/C22H14ClF4N3O3S/c23-15-10-13(22(25,26)27)6-9-18(15)33-14-7-8-17(16(24)11-14)28-20(32)30-21(34)29-19(31)12-4-2-1-3-5-12/h1-11H,(H3,28,29,30,31,32,34). The SMILES string of the molecule is O=C(NC(=S)NC(=O)c1ccccc1)Nc1ccc(Oc2ccc(C(F)(F)F)cc2Cl)cc1F. The van der Waals surface area contributed by atoms with Crippen LogP contribution in [0.2, 0.25) is 5.02 Å². The van der Waals surface area contributed by atoms with E-state index in [1.807, 2.05) is 0 Å². The number of halogens is 5. The molecule has 12 heteroatoms. The van der Waals surface area contributed by atoms with Gasteiger partial charge in [-0.3, -0.25) is 15.4 Å². The average molecular weight is 512 g/mol. The van der Waals surface area contributed by atoms with Crippen LogP contribution in [0.4, 0.5) is 28.0 Å². The van der Waals surface area contributed by atoms with Crippen molar-refractivity contribution in [3.63, 3.8) is 0 Å². The van der Waals surface area contributed by atoms with Crippen molar-refractivity contribution in [3.8, 4) is 11.5 Å². The summed E-state index contributed by atoms with van der Waals surface area (Å²) in [6, 6.07) is 13.0. The normalized spacial score (nSPS) is 10.9. The Morgan fingerprint density at radius 2 is 1.65 bits per heavy atom. The first-order chi connectivity index (χ1) is 16.0. The van der Waals surface area contributed by atoms with Crippen molar-refractivity contribution in [2.24, 2.45) is 0 Å². The Balaban J connectivity index is 1.59.